The molecule has 1 rings (SSSR count). The molecular weight excluding hydrogens is 246 g/mol. The molecule has 0 bridgehead atoms. The summed E-state index contributed by atoms with van der Waals surface area (Å²) in [6, 6.07) is 7.04. The molecule has 0 N–H and O–H groups in total. The summed E-state index contributed by atoms with van der Waals surface area (Å²) in [5.74, 6) is -2.01. The van der Waals surface area contributed by atoms with Crippen molar-refractivity contribution in [3.8, 4) is 0 Å². The van der Waals surface area contributed by atoms with Gasteiger partial charge in [0.05, 0.1) is 0 Å². The zero-order valence-electron chi connectivity index (χ0n) is 8.23. The third kappa shape index (κ3) is 3.65. The molecule has 92 valence electrons. The lowest BCUT2D eigenvalue weighted by atomic mass is 10.1. The molecule has 0 aliphatic heterocycles. The lowest BCUT2D eigenvalue weighted by Crippen LogP contribution is -2.13. The summed E-state index contributed by atoms with van der Waals surface area (Å²) >= 11 is 0. The minimum absolute atomic E-state index is 0.0630. The van der Waals surface area contributed by atoms with Crippen LogP contribution in [0, 0.1) is 0 Å². The molecule has 0 aliphatic rings. The van der Waals surface area contributed by atoms with Gasteiger partial charge in [-0.1, -0.05) is 30.3 Å². The molecule has 0 atom stereocenters. The monoisotopic (exact) mass is 252 g/mol. The second-order valence-corrected chi connectivity index (χ2v) is 3.04. The van der Waals surface area contributed by atoms with Gasteiger partial charge in [-0.05, 0) is 11.6 Å². The number of allylic oxidation sites excluding steroid dienone is 2. The molecule has 1 aromatic rings. The number of alkyl halides is 3. The predicted molar refractivity (Wildman–Crippen MR) is 50.8 cm³/mol. The Morgan fingerprint density at radius 1 is 0.941 bits per heavy atom. The van der Waals surface area contributed by atoms with Crippen LogP contribution in [-0.4, -0.2) is 6.18 Å². The maximum atomic E-state index is 13.1. The van der Waals surface area contributed by atoms with Gasteiger partial charge in [0.15, 0.2) is 5.57 Å². The van der Waals surface area contributed by atoms with Gasteiger partial charge in [-0.25, -0.2) is 4.39 Å². The summed E-state index contributed by atoms with van der Waals surface area (Å²) in [7, 11) is 0. The van der Waals surface area contributed by atoms with E-state index in [9.17, 15) is 26.3 Å². The van der Waals surface area contributed by atoms with E-state index < -0.39 is 23.7 Å². The van der Waals surface area contributed by atoms with Gasteiger partial charge in [0.1, 0.15) is 5.83 Å². The average Bonchev–Trinajstić information content (AvgIpc) is 2.15. The van der Waals surface area contributed by atoms with Crippen LogP contribution in [0.2, 0.25) is 0 Å². The molecule has 0 unspecified atom stereocenters. The van der Waals surface area contributed by atoms with Crippen LogP contribution >= 0.6 is 0 Å². The highest BCUT2D eigenvalue weighted by molar-refractivity contribution is 5.56. The Labute approximate surface area is 92.9 Å². The Balaban J connectivity index is 3.16. The van der Waals surface area contributed by atoms with Crippen molar-refractivity contribution in [2.24, 2.45) is 0 Å². The van der Waals surface area contributed by atoms with E-state index in [1.165, 1.54) is 24.3 Å². The summed E-state index contributed by atoms with van der Waals surface area (Å²) in [6.07, 6.45) is -8.11. The van der Waals surface area contributed by atoms with E-state index in [0.717, 1.165) is 0 Å². The highest BCUT2D eigenvalue weighted by Crippen LogP contribution is 2.36. The summed E-state index contributed by atoms with van der Waals surface area (Å²) < 4.78 is 73.5. The summed E-state index contributed by atoms with van der Waals surface area (Å²) in [4.78, 5) is 0. The van der Waals surface area contributed by atoms with E-state index in [0.29, 0.717) is 6.08 Å². The number of rotatable bonds is 2. The Hall–Kier alpha value is -1.72. The zero-order chi connectivity index (χ0) is 13.1. The molecule has 1 aromatic carbocycles. The number of hydrogen-bond donors (Lipinski definition) is 0. The molecule has 0 saturated heterocycles. The predicted octanol–water partition coefficient (Wildman–Crippen LogP) is 4.71. The number of hydrogen-bond acceptors (Lipinski definition) is 0. The van der Waals surface area contributed by atoms with Gasteiger partial charge in [-0.15, -0.1) is 0 Å². The van der Waals surface area contributed by atoms with Gasteiger partial charge >= 0.3 is 6.18 Å². The van der Waals surface area contributed by atoms with Gasteiger partial charge in [0.2, 0.25) is 0 Å². The largest absolute Gasteiger partial charge is 0.424 e. The average molecular weight is 252 g/mol. The molecule has 0 saturated carbocycles. The van der Waals surface area contributed by atoms with Gasteiger partial charge in [-0.2, -0.15) is 22.0 Å². The van der Waals surface area contributed by atoms with Gasteiger partial charge in [0, 0.05) is 0 Å². The third-order valence-electron chi connectivity index (χ3n) is 1.80. The fourth-order valence-corrected chi connectivity index (χ4v) is 1.10. The van der Waals surface area contributed by atoms with Gasteiger partial charge < -0.3 is 0 Å². The van der Waals surface area contributed by atoms with E-state index in [1.54, 1.807) is 6.07 Å². The first kappa shape index (κ1) is 13.3. The zero-order valence-corrected chi connectivity index (χ0v) is 8.23. The van der Waals surface area contributed by atoms with Gasteiger partial charge in [0.25, 0.3) is 6.08 Å². The molecular formula is C11H6F6. The van der Waals surface area contributed by atoms with Crippen molar-refractivity contribution in [1.29, 1.82) is 0 Å². The summed E-state index contributed by atoms with van der Waals surface area (Å²) in [6.45, 7) is 0. The van der Waals surface area contributed by atoms with Crippen LogP contribution in [-0.2, 0) is 0 Å². The van der Waals surface area contributed by atoms with Crippen molar-refractivity contribution < 1.29 is 26.3 Å². The van der Waals surface area contributed by atoms with Crippen molar-refractivity contribution in [1.82, 2.24) is 0 Å². The Morgan fingerprint density at radius 2 is 1.47 bits per heavy atom. The first-order valence-corrected chi connectivity index (χ1v) is 4.37. The second kappa shape index (κ2) is 5.07. The van der Waals surface area contributed by atoms with E-state index in [1.807, 2.05) is 0 Å². The second-order valence-electron chi connectivity index (χ2n) is 3.04. The SMILES string of the molecule is FC(F)=C(/C(F)=C/c1ccccc1)C(F)(F)F. The molecule has 0 nitrogen and oxygen atoms in total. The van der Waals surface area contributed by atoms with Crippen molar-refractivity contribution in [2.75, 3.05) is 0 Å². The van der Waals surface area contributed by atoms with Crippen LogP contribution in [0.3, 0.4) is 0 Å². The molecule has 0 spiro atoms. The molecule has 0 aromatic heterocycles. The minimum Gasteiger partial charge on any atom is -0.206 e. The fourth-order valence-electron chi connectivity index (χ4n) is 1.10. The first-order chi connectivity index (χ1) is 7.82. The van der Waals surface area contributed by atoms with Crippen LogP contribution < -0.4 is 0 Å². The standard InChI is InChI=1S/C11H6F6/c12-8(6-7-4-2-1-3-5-7)9(10(13)14)11(15,16)17/h1-6H/b8-6-. The van der Waals surface area contributed by atoms with Crippen LogP contribution in [0.1, 0.15) is 5.56 Å². The van der Waals surface area contributed by atoms with Crippen LogP contribution in [0.5, 0.6) is 0 Å². The van der Waals surface area contributed by atoms with E-state index in [4.69, 9.17) is 0 Å². The van der Waals surface area contributed by atoms with Crippen molar-refractivity contribution in [2.45, 2.75) is 6.18 Å². The Bertz CT molecular complexity index is 437. The Kier molecular flexibility index (Phi) is 3.98. The molecule has 17 heavy (non-hydrogen) atoms. The van der Waals surface area contributed by atoms with Crippen molar-refractivity contribution in [3.63, 3.8) is 0 Å². The van der Waals surface area contributed by atoms with E-state index in [-0.39, 0.29) is 5.56 Å². The van der Waals surface area contributed by atoms with Crippen molar-refractivity contribution >= 4 is 6.08 Å². The highest BCUT2D eigenvalue weighted by Gasteiger charge is 2.40. The Morgan fingerprint density at radius 3 is 1.88 bits per heavy atom. The molecule has 6 heteroatoms. The normalized spacial score (nSPS) is 12.5. The van der Waals surface area contributed by atoms with Crippen molar-refractivity contribution in [3.05, 3.63) is 53.4 Å². The molecule has 0 heterocycles. The number of benzene rings is 1. The highest BCUT2D eigenvalue weighted by atomic mass is 19.4. The van der Waals surface area contributed by atoms with E-state index in [2.05, 4.69) is 0 Å². The maximum Gasteiger partial charge on any atom is 0.424 e. The number of halogens is 6. The lowest BCUT2D eigenvalue weighted by Gasteiger charge is -2.08. The molecule has 0 aliphatic carbocycles. The summed E-state index contributed by atoms with van der Waals surface area (Å²) in [5, 5.41) is 0. The molecule has 0 radical (unpaired) electrons. The third-order valence-corrected chi connectivity index (χ3v) is 1.80. The molecule has 0 fully saturated rings. The maximum absolute atomic E-state index is 13.1. The topological polar surface area (TPSA) is 0 Å². The quantitative estimate of drug-likeness (QED) is 0.528. The smallest absolute Gasteiger partial charge is 0.206 e. The van der Waals surface area contributed by atoms with E-state index >= 15 is 0 Å². The van der Waals surface area contributed by atoms with Crippen LogP contribution in [0.4, 0.5) is 26.3 Å². The van der Waals surface area contributed by atoms with Gasteiger partial charge in [-0.3, -0.25) is 0 Å². The summed E-state index contributed by atoms with van der Waals surface area (Å²) in [5.41, 5.74) is -2.48. The van der Waals surface area contributed by atoms with Crippen LogP contribution in [0.15, 0.2) is 47.8 Å². The minimum atomic E-state index is -5.42. The fraction of sp³-hybridized carbons (Fsp3) is 0.0909. The first-order valence-electron chi connectivity index (χ1n) is 4.37. The van der Waals surface area contributed by atoms with Crippen LogP contribution in [0.25, 0.3) is 6.08 Å². The molecule has 0 amide bonds. The lowest BCUT2D eigenvalue weighted by molar-refractivity contribution is -0.0943.